The van der Waals surface area contributed by atoms with Gasteiger partial charge in [0.2, 0.25) is 15.9 Å². The minimum Gasteiger partial charge on any atom is -0.497 e. The zero-order valence-electron chi connectivity index (χ0n) is 19.0. The van der Waals surface area contributed by atoms with Crippen LogP contribution in [0.2, 0.25) is 0 Å². The molecule has 1 N–H and O–H groups in total. The number of hydrogen-bond acceptors (Lipinski definition) is 5. The second kappa shape index (κ2) is 10.8. The summed E-state index contributed by atoms with van der Waals surface area (Å²) in [6.07, 6.45) is 2.87. The first kappa shape index (κ1) is 24.1. The van der Waals surface area contributed by atoms with Gasteiger partial charge in [0.1, 0.15) is 11.5 Å². The second-order valence-corrected chi connectivity index (χ2v) is 9.98. The number of aryl methyl sites for hydroxylation is 1. The molecule has 32 heavy (non-hydrogen) atoms. The van der Waals surface area contributed by atoms with Crippen LogP contribution in [0.15, 0.2) is 47.4 Å². The molecule has 174 valence electrons. The molecule has 0 aliphatic carbocycles. The first-order valence-electron chi connectivity index (χ1n) is 11.0. The van der Waals surface area contributed by atoms with Crippen molar-refractivity contribution >= 4 is 21.6 Å². The number of nitrogens with zero attached hydrogens (tertiary/aromatic N) is 1. The van der Waals surface area contributed by atoms with E-state index in [2.05, 4.69) is 12.2 Å². The summed E-state index contributed by atoms with van der Waals surface area (Å²) in [6, 6.07) is 12.2. The molecule has 1 fully saturated rings. The third kappa shape index (κ3) is 5.81. The first-order chi connectivity index (χ1) is 15.3. The number of piperidine rings is 1. The number of ether oxygens (including phenoxy) is 2. The maximum absolute atomic E-state index is 12.9. The standard InChI is InChI=1S/C24H32N2O5S/c1-4-5-16-31-23-11-8-20(30-3)17-22(23)25-24(27)19-12-14-26(15-13-19)32(28,29)21-9-6-18(2)7-10-21/h6-11,17,19H,4-5,12-16H2,1-3H3,(H,25,27). The Morgan fingerprint density at radius 3 is 2.44 bits per heavy atom. The summed E-state index contributed by atoms with van der Waals surface area (Å²) in [7, 11) is -1.98. The highest BCUT2D eigenvalue weighted by Crippen LogP contribution is 2.31. The van der Waals surface area contributed by atoms with Crippen LogP contribution in [0.4, 0.5) is 5.69 Å². The third-order valence-electron chi connectivity index (χ3n) is 5.68. The minimum absolute atomic E-state index is 0.133. The molecule has 0 radical (unpaired) electrons. The van der Waals surface area contributed by atoms with Crippen LogP contribution in [0.3, 0.4) is 0 Å². The van der Waals surface area contributed by atoms with Crippen molar-refractivity contribution in [3.63, 3.8) is 0 Å². The SMILES string of the molecule is CCCCOc1ccc(OC)cc1NC(=O)C1CCN(S(=O)(=O)c2ccc(C)cc2)CC1. The quantitative estimate of drug-likeness (QED) is 0.566. The number of nitrogens with one attached hydrogen (secondary N) is 1. The Morgan fingerprint density at radius 2 is 1.81 bits per heavy atom. The smallest absolute Gasteiger partial charge is 0.243 e. The van der Waals surface area contributed by atoms with E-state index < -0.39 is 10.0 Å². The largest absolute Gasteiger partial charge is 0.497 e. The fourth-order valence-corrected chi connectivity index (χ4v) is 5.11. The van der Waals surface area contributed by atoms with E-state index in [1.54, 1.807) is 49.6 Å². The lowest BCUT2D eigenvalue weighted by Gasteiger charge is -2.30. The van der Waals surface area contributed by atoms with Gasteiger partial charge in [-0.25, -0.2) is 8.42 Å². The summed E-state index contributed by atoms with van der Waals surface area (Å²) in [5.41, 5.74) is 1.58. The average Bonchev–Trinajstić information content (AvgIpc) is 2.80. The van der Waals surface area contributed by atoms with Crippen molar-refractivity contribution in [2.75, 3.05) is 32.1 Å². The summed E-state index contributed by atoms with van der Waals surface area (Å²) in [4.78, 5) is 13.2. The van der Waals surface area contributed by atoms with Crippen LogP contribution in [0.25, 0.3) is 0 Å². The second-order valence-electron chi connectivity index (χ2n) is 8.04. The molecule has 2 aromatic carbocycles. The Kier molecular flexibility index (Phi) is 8.15. The topological polar surface area (TPSA) is 84.9 Å². The van der Waals surface area contributed by atoms with Gasteiger partial charge >= 0.3 is 0 Å². The molecule has 0 bridgehead atoms. The molecule has 3 rings (SSSR count). The lowest BCUT2D eigenvalue weighted by Crippen LogP contribution is -2.41. The Balaban J connectivity index is 1.64. The van der Waals surface area contributed by atoms with Crippen molar-refractivity contribution in [3.8, 4) is 11.5 Å². The van der Waals surface area contributed by atoms with E-state index in [1.807, 2.05) is 6.92 Å². The Morgan fingerprint density at radius 1 is 1.12 bits per heavy atom. The van der Waals surface area contributed by atoms with Crippen LogP contribution in [-0.4, -0.2) is 45.4 Å². The fourth-order valence-electron chi connectivity index (χ4n) is 3.64. The molecule has 0 spiro atoms. The maximum Gasteiger partial charge on any atom is 0.243 e. The van der Waals surface area contributed by atoms with Crippen LogP contribution in [0.5, 0.6) is 11.5 Å². The van der Waals surface area contributed by atoms with Crippen molar-refractivity contribution in [2.24, 2.45) is 5.92 Å². The van der Waals surface area contributed by atoms with E-state index >= 15 is 0 Å². The van der Waals surface area contributed by atoms with E-state index in [0.29, 0.717) is 49.7 Å². The minimum atomic E-state index is -3.55. The van der Waals surface area contributed by atoms with Gasteiger partial charge in [-0.1, -0.05) is 31.0 Å². The molecule has 1 saturated heterocycles. The van der Waals surface area contributed by atoms with E-state index in [4.69, 9.17) is 9.47 Å². The van der Waals surface area contributed by atoms with E-state index in [1.165, 1.54) is 4.31 Å². The van der Waals surface area contributed by atoms with Gasteiger partial charge in [0.15, 0.2) is 0 Å². The van der Waals surface area contributed by atoms with Crippen LogP contribution in [0.1, 0.15) is 38.2 Å². The first-order valence-corrected chi connectivity index (χ1v) is 12.5. The van der Waals surface area contributed by atoms with Gasteiger partial charge in [-0.3, -0.25) is 4.79 Å². The van der Waals surface area contributed by atoms with Crippen LogP contribution >= 0.6 is 0 Å². The number of hydrogen-bond donors (Lipinski definition) is 1. The highest BCUT2D eigenvalue weighted by molar-refractivity contribution is 7.89. The Bertz CT molecular complexity index is 1010. The van der Waals surface area contributed by atoms with Gasteiger partial charge in [-0.15, -0.1) is 0 Å². The van der Waals surface area contributed by atoms with Crippen molar-refractivity contribution in [1.29, 1.82) is 0 Å². The van der Waals surface area contributed by atoms with Crippen LogP contribution < -0.4 is 14.8 Å². The summed E-state index contributed by atoms with van der Waals surface area (Å²) >= 11 is 0. The lowest BCUT2D eigenvalue weighted by molar-refractivity contribution is -0.120. The summed E-state index contributed by atoms with van der Waals surface area (Å²) in [5, 5.41) is 2.96. The van der Waals surface area contributed by atoms with Crippen LogP contribution in [-0.2, 0) is 14.8 Å². The number of methoxy groups -OCH3 is 1. The molecule has 0 aromatic heterocycles. The molecule has 1 aliphatic heterocycles. The van der Waals surface area contributed by atoms with Crippen molar-refractivity contribution in [2.45, 2.75) is 44.4 Å². The number of amides is 1. The monoisotopic (exact) mass is 460 g/mol. The molecular weight excluding hydrogens is 428 g/mol. The zero-order valence-corrected chi connectivity index (χ0v) is 19.8. The number of rotatable bonds is 9. The normalized spacial score (nSPS) is 15.3. The highest BCUT2D eigenvalue weighted by atomic mass is 32.2. The van der Waals surface area contributed by atoms with E-state index in [9.17, 15) is 13.2 Å². The lowest BCUT2D eigenvalue weighted by atomic mass is 9.97. The van der Waals surface area contributed by atoms with E-state index in [0.717, 1.165) is 18.4 Å². The Hall–Kier alpha value is -2.58. The summed E-state index contributed by atoms with van der Waals surface area (Å²) in [5.74, 6) is 0.828. The van der Waals surface area contributed by atoms with Crippen molar-refractivity contribution < 1.29 is 22.7 Å². The molecule has 1 aliphatic rings. The van der Waals surface area contributed by atoms with Gasteiger partial charge < -0.3 is 14.8 Å². The number of unbranched alkanes of at least 4 members (excludes halogenated alkanes) is 1. The number of benzene rings is 2. The maximum atomic E-state index is 12.9. The number of anilines is 1. The number of carbonyl (C=O) groups excluding carboxylic acids is 1. The van der Waals surface area contributed by atoms with Gasteiger partial charge in [0, 0.05) is 25.1 Å². The molecule has 0 unspecified atom stereocenters. The molecule has 0 atom stereocenters. The highest BCUT2D eigenvalue weighted by Gasteiger charge is 2.32. The summed E-state index contributed by atoms with van der Waals surface area (Å²) < 4.78 is 38.4. The number of sulfonamides is 1. The molecule has 1 amide bonds. The predicted octanol–water partition coefficient (Wildman–Crippen LogP) is 4.22. The zero-order chi connectivity index (χ0) is 23.1. The van der Waals surface area contributed by atoms with Gasteiger partial charge in [0.25, 0.3) is 0 Å². The Labute approximate surface area is 190 Å². The van der Waals surface area contributed by atoms with Gasteiger partial charge in [-0.2, -0.15) is 4.31 Å². The van der Waals surface area contributed by atoms with E-state index in [-0.39, 0.29) is 16.7 Å². The molecule has 8 heteroatoms. The van der Waals surface area contributed by atoms with Gasteiger partial charge in [-0.05, 0) is 50.5 Å². The number of carbonyl (C=O) groups is 1. The molecule has 7 nitrogen and oxygen atoms in total. The average molecular weight is 461 g/mol. The fraction of sp³-hybridized carbons (Fsp3) is 0.458. The molecule has 1 heterocycles. The molecular formula is C24H32N2O5S. The molecule has 2 aromatic rings. The predicted molar refractivity (Wildman–Crippen MR) is 125 cm³/mol. The molecule has 0 saturated carbocycles. The van der Waals surface area contributed by atoms with Crippen molar-refractivity contribution in [3.05, 3.63) is 48.0 Å². The van der Waals surface area contributed by atoms with Gasteiger partial charge in [0.05, 0.1) is 24.3 Å². The third-order valence-corrected chi connectivity index (χ3v) is 7.60. The van der Waals surface area contributed by atoms with Crippen LogP contribution in [0, 0.1) is 12.8 Å². The van der Waals surface area contributed by atoms with Crippen molar-refractivity contribution in [1.82, 2.24) is 4.31 Å². The summed E-state index contributed by atoms with van der Waals surface area (Å²) in [6.45, 7) is 5.20.